The molecule has 0 aromatic rings. The molecule has 1 spiro atoms. The summed E-state index contributed by atoms with van der Waals surface area (Å²) in [5.74, 6) is 0. The summed E-state index contributed by atoms with van der Waals surface area (Å²) < 4.78 is 12.5. The number of nitrogens with one attached hydrogen (secondary N) is 1. The normalized spacial score (nSPS) is 37.2. The van der Waals surface area contributed by atoms with Crippen LogP contribution in [0.1, 0.15) is 12.8 Å². The zero-order chi connectivity index (χ0) is 6.32. The molecule has 0 unspecified atom stereocenters. The van der Waals surface area contributed by atoms with Crippen LogP contribution in [-0.2, 0) is 4.74 Å². The van der Waals surface area contributed by atoms with E-state index in [0.29, 0.717) is 0 Å². The second-order valence-corrected chi connectivity index (χ2v) is 2.64. The van der Waals surface area contributed by atoms with E-state index < -0.39 is 0 Å². The number of hydrogen-bond donors (Lipinski definition) is 1. The third kappa shape index (κ3) is 0.644. The van der Waals surface area contributed by atoms with Gasteiger partial charge in [0, 0.05) is 0 Å². The fraction of sp³-hybridized carbons (Fsp3) is 1.00. The summed E-state index contributed by atoms with van der Waals surface area (Å²) in [6.45, 7) is 2.72. The minimum Gasteiger partial charge on any atom is -0.369 e. The molecule has 0 aromatic heterocycles. The van der Waals surface area contributed by atoms with Gasteiger partial charge in [0.2, 0.25) is 0 Å². The standard InChI is InChI=1S/C6H11NO/c1-3-7-4-2-6(1)5-8-6/h7H,1-5H2/i/hD. The van der Waals surface area contributed by atoms with E-state index in [4.69, 9.17) is 6.15 Å². The van der Waals surface area contributed by atoms with E-state index in [1.165, 1.54) is 0 Å². The largest absolute Gasteiger partial charge is 0.369 e. The lowest BCUT2D eigenvalue weighted by Gasteiger charge is -2.17. The first-order chi connectivity index (χ1) is 4.31. The van der Waals surface area contributed by atoms with Crippen LogP contribution < -0.4 is 5.31 Å². The molecule has 2 fully saturated rings. The summed E-state index contributed by atoms with van der Waals surface area (Å²) in [4.78, 5) is 0. The second-order valence-electron chi connectivity index (χ2n) is 2.64. The molecule has 2 heteroatoms. The lowest BCUT2D eigenvalue weighted by Crippen LogP contribution is -2.32. The van der Waals surface area contributed by atoms with Crippen LogP contribution in [0.4, 0.5) is 0 Å². The molecule has 2 saturated heterocycles. The van der Waals surface area contributed by atoms with E-state index in [-0.39, 0.29) is 5.60 Å². The van der Waals surface area contributed by atoms with E-state index in [0.717, 1.165) is 32.5 Å². The Morgan fingerprint density at radius 2 is 2.12 bits per heavy atom. The molecule has 1 N–H and O–H groups in total. The number of hydrogen-bond acceptors (Lipinski definition) is 2. The summed E-state index contributed by atoms with van der Waals surface area (Å²) in [6.07, 6.45) is 2.13. The lowest BCUT2D eigenvalue weighted by molar-refractivity contribution is 0.246. The van der Waals surface area contributed by atoms with Gasteiger partial charge in [0.15, 0.2) is 0 Å². The molecule has 0 radical (unpaired) electrons. The molecule has 2 aliphatic rings. The lowest BCUT2D eigenvalue weighted by atomic mass is 10.00. The predicted molar refractivity (Wildman–Crippen MR) is 30.8 cm³/mol. The minimum atomic E-state index is 0.248. The predicted octanol–water partition coefficient (Wildman–Crippen LogP) is 0.139. The van der Waals surface area contributed by atoms with Gasteiger partial charge < -0.3 is 10.0 Å². The molecular weight excluding hydrogens is 102 g/mol. The van der Waals surface area contributed by atoms with E-state index >= 15 is 0 Å². The van der Waals surface area contributed by atoms with Crippen LogP contribution in [0, 0.1) is 0 Å². The molecule has 2 heterocycles. The van der Waals surface area contributed by atoms with Gasteiger partial charge in [0.1, 0.15) is 1.41 Å². The van der Waals surface area contributed by atoms with Crippen molar-refractivity contribution in [2.24, 2.45) is 0 Å². The van der Waals surface area contributed by atoms with Gasteiger partial charge in [-0.15, -0.1) is 0 Å². The van der Waals surface area contributed by atoms with Crippen LogP contribution in [0.2, 0.25) is 1.41 Å². The number of rotatable bonds is 0. The first-order valence-electron chi connectivity index (χ1n) is 3.63. The van der Waals surface area contributed by atoms with E-state index in [2.05, 4.69) is 0 Å². The molecule has 2 rings (SSSR count). The van der Waals surface area contributed by atoms with E-state index in [9.17, 15) is 0 Å². The minimum absolute atomic E-state index is 0.248. The second kappa shape index (κ2) is 1.45. The van der Waals surface area contributed by atoms with Crippen molar-refractivity contribution in [2.75, 3.05) is 19.7 Å². The molecule has 0 saturated carbocycles. The van der Waals surface area contributed by atoms with Crippen molar-refractivity contribution in [3.63, 3.8) is 0 Å². The van der Waals surface area contributed by atoms with Gasteiger partial charge in [-0.3, -0.25) is 0 Å². The van der Waals surface area contributed by atoms with Crippen molar-refractivity contribution in [3.8, 4) is 0 Å². The Morgan fingerprint density at radius 3 is 2.62 bits per heavy atom. The summed E-state index contributed by atoms with van der Waals surface area (Å²) >= 11 is 0. The summed E-state index contributed by atoms with van der Waals surface area (Å²) in [5.41, 5.74) is 0.248. The highest BCUT2D eigenvalue weighted by Gasteiger charge is 2.44. The Labute approximate surface area is 50.7 Å². The smallest absolute Gasteiger partial charge is 0.122 e. The van der Waals surface area contributed by atoms with Crippen LogP contribution in [0.25, 0.3) is 0 Å². The summed E-state index contributed by atoms with van der Waals surface area (Å²) in [6, 6.07) is 0. The SMILES string of the molecule is [2H]N1CCC2(CC1)CO2. The first-order valence-corrected chi connectivity index (χ1v) is 3.19. The van der Waals surface area contributed by atoms with E-state index in [1.807, 2.05) is 0 Å². The van der Waals surface area contributed by atoms with Crippen molar-refractivity contribution in [1.29, 1.82) is 0 Å². The zero-order valence-electron chi connectivity index (χ0n) is 5.89. The van der Waals surface area contributed by atoms with Crippen molar-refractivity contribution in [1.82, 2.24) is 5.31 Å². The van der Waals surface area contributed by atoms with Crippen molar-refractivity contribution in [2.45, 2.75) is 18.4 Å². The highest BCUT2D eigenvalue weighted by Crippen LogP contribution is 2.35. The van der Waals surface area contributed by atoms with Crippen molar-refractivity contribution < 1.29 is 6.15 Å². The van der Waals surface area contributed by atoms with Gasteiger partial charge in [0.05, 0.1) is 12.2 Å². The Kier molecular flexibility index (Phi) is 0.700. The molecular formula is C6H11NO. The highest BCUT2D eigenvalue weighted by molar-refractivity contribution is 4.95. The van der Waals surface area contributed by atoms with Crippen LogP contribution >= 0.6 is 0 Å². The third-order valence-electron chi connectivity index (χ3n) is 2.00. The fourth-order valence-corrected chi connectivity index (χ4v) is 1.19. The highest BCUT2D eigenvalue weighted by atomic mass is 16.6. The monoisotopic (exact) mass is 114 g/mol. The number of ether oxygens (including phenoxy) is 1. The summed E-state index contributed by atoms with van der Waals surface area (Å²) in [7, 11) is 0. The number of piperidine rings is 1. The maximum atomic E-state index is 7.25. The van der Waals surface area contributed by atoms with Gasteiger partial charge in [-0.25, -0.2) is 0 Å². The van der Waals surface area contributed by atoms with Crippen LogP contribution in [-0.4, -0.2) is 25.3 Å². The van der Waals surface area contributed by atoms with Gasteiger partial charge >= 0.3 is 0 Å². The summed E-state index contributed by atoms with van der Waals surface area (Å²) in [5, 5.41) is 1.62. The Bertz CT molecular complexity index is 114. The molecule has 0 amide bonds. The van der Waals surface area contributed by atoms with Crippen LogP contribution in [0.5, 0.6) is 0 Å². The Balaban J connectivity index is 1.91. The van der Waals surface area contributed by atoms with Gasteiger partial charge in [0.25, 0.3) is 0 Å². The quantitative estimate of drug-likeness (QED) is 0.453. The molecule has 0 bridgehead atoms. The average molecular weight is 114 g/mol. The first kappa shape index (κ1) is 3.85. The molecule has 0 aliphatic carbocycles. The Hall–Kier alpha value is -0.0800. The van der Waals surface area contributed by atoms with Crippen LogP contribution in [0.3, 0.4) is 0 Å². The third-order valence-corrected chi connectivity index (χ3v) is 2.00. The maximum Gasteiger partial charge on any atom is 0.122 e. The topological polar surface area (TPSA) is 24.6 Å². The van der Waals surface area contributed by atoms with Gasteiger partial charge in [-0.05, 0) is 25.9 Å². The maximum absolute atomic E-state index is 7.25. The molecule has 46 valence electrons. The van der Waals surface area contributed by atoms with Crippen molar-refractivity contribution >= 4 is 0 Å². The van der Waals surface area contributed by atoms with Crippen LogP contribution in [0.15, 0.2) is 0 Å². The molecule has 0 aromatic carbocycles. The Morgan fingerprint density at radius 1 is 1.50 bits per heavy atom. The van der Waals surface area contributed by atoms with E-state index in [1.54, 1.807) is 5.31 Å². The average Bonchev–Trinajstić information content (AvgIpc) is 2.60. The van der Waals surface area contributed by atoms with Crippen molar-refractivity contribution in [3.05, 3.63) is 0 Å². The molecule has 2 aliphatic heterocycles. The zero-order valence-corrected chi connectivity index (χ0v) is 4.89. The fourth-order valence-electron chi connectivity index (χ4n) is 1.19. The van der Waals surface area contributed by atoms with Gasteiger partial charge in [-0.2, -0.15) is 0 Å². The van der Waals surface area contributed by atoms with Gasteiger partial charge in [-0.1, -0.05) is 0 Å². The number of epoxide rings is 1. The molecule has 8 heavy (non-hydrogen) atoms. The molecule has 0 atom stereocenters. The molecule has 2 nitrogen and oxygen atoms in total.